The minimum absolute atomic E-state index is 0.0208. The van der Waals surface area contributed by atoms with Gasteiger partial charge in [-0.1, -0.05) is 13.8 Å². The number of hydrogen-bond acceptors (Lipinski definition) is 6. The van der Waals surface area contributed by atoms with E-state index < -0.39 is 29.7 Å². The summed E-state index contributed by atoms with van der Waals surface area (Å²) in [5, 5.41) is 25.1. The topological polar surface area (TPSA) is 130 Å². The van der Waals surface area contributed by atoms with Crippen LogP contribution in [0.15, 0.2) is 0 Å². The van der Waals surface area contributed by atoms with Crippen LogP contribution in [0.25, 0.3) is 0 Å². The minimum atomic E-state index is -1.03. The normalized spacial score (nSPS) is 25.0. The lowest BCUT2D eigenvalue weighted by atomic mass is 10.1. The fourth-order valence-corrected chi connectivity index (χ4v) is 1.57. The maximum absolute atomic E-state index is 10.1. The van der Waals surface area contributed by atoms with E-state index in [-0.39, 0.29) is 5.92 Å². The number of rotatable bonds is 3. The fourth-order valence-electron chi connectivity index (χ4n) is 0.806. The van der Waals surface area contributed by atoms with Crippen molar-refractivity contribution in [1.29, 1.82) is 0 Å². The standard InChI is InChI=1S/C5H11NO2.C4H6O4S/c1-3(2)4(6)5(7)8;5-2-1-9-4(8-2)3(6)7/h3-4H,6H2,1-2H3,(H,7,8);2,4-5H,1H2,(H,6,7)/t4-;2-,4-/m01/s1. The monoisotopic (exact) mass is 267 g/mol. The highest BCUT2D eigenvalue weighted by atomic mass is 32.2. The molecule has 1 aliphatic heterocycles. The molecule has 5 N–H and O–H groups in total. The molecule has 0 radical (unpaired) electrons. The Morgan fingerprint density at radius 3 is 2.06 bits per heavy atom. The second-order valence-corrected chi connectivity index (χ2v) is 4.80. The summed E-state index contributed by atoms with van der Waals surface area (Å²) in [5.74, 6) is -1.60. The molecule has 1 saturated heterocycles. The number of thioether (sulfide) groups is 1. The molecule has 0 aromatic heterocycles. The van der Waals surface area contributed by atoms with Crippen LogP contribution in [0, 0.1) is 5.92 Å². The molecule has 0 amide bonds. The van der Waals surface area contributed by atoms with Gasteiger partial charge in [-0.15, -0.1) is 11.8 Å². The maximum atomic E-state index is 10.1. The highest BCUT2D eigenvalue weighted by Gasteiger charge is 2.29. The van der Waals surface area contributed by atoms with Crippen LogP contribution in [0.4, 0.5) is 0 Å². The Hall–Kier alpha value is -0.830. The molecule has 0 saturated carbocycles. The second-order valence-electron chi connectivity index (χ2n) is 3.70. The molecule has 0 aromatic carbocycles. The summed E-state index contributed by atoms with van der Waals surface area (Å²) in [6.45, 7) is 3.55. The van der Waals surface area contributed by atoms with Crippen LogP contribution in [-0.2, 0) is 14.3 Å². The van der Waals surface area contributed by atoms with Crippen molar-refractivity contribution >= 4 is 23.7 Å². The van der Waals surface area contributed by atoms with E-state index in [0.717, 1.165) is 11.8 Å². The van der Waals surface area contributed by atoms with Crippen molar-refractivity contribution < 1.29 is 29.6 Å². The first-order valence-electron chi connectivity index (χ1n) is 4.92. The van der Waals surface area contributed by atoms with Gasteiger partial charge in [-0.3, -0.25) is 4.79 Å². The quantitative estimate of drug-likeness (QED) is 0.540. The summed E-state index contributed by atoms with van der Waals surface area (Å²) in [4.78, 5) is 20.1. The van der Waals surface area contributed by atoms with Crippen molar-refractivity contribution in [3.8, 4) is 0 Å². The van der Waals surface area contributed by atoms with E-state index in [2.05, 4.69) is 4.74 Å². The van der Waals surface area contributed by atoms with E-state index in [1.807, 2.05) is 0 Å². The number of carboxylic acids is 2. The zero-order chi connectivity index (χ0) is 13.6. The third-order valence-corrected chi connectivity index (χ3v) is 2.97. The van der Waals surface area contributed by atoms with Gasteiger partial charge in [-0.05, 0) is 5.92 Å². The molecule has 100 valence electrons. The molecule has 0 spiro atoms. The van der Waals surface area contributed by atoms with Crippen molar-refractivity contribution in [3.63, 3.8) is 0 Å². The lowest BCUT2D eigenvalue weighted by Gasteiger charge is -2.07. The Bertz CT molecular complexity index is 272. The molecule has 1 aliphatic rings. The first-order chi connectivity index (χ1) is 7.75. The van der Waals surface area contributed by atoms with Crippen LogP contribution in [0.1, 0.15) is 13.8 Å². The number of hydrogen-bond donors (Lipinski definition) is 4. The second kappa shape index (κ2) is 7.49. The average molecular weight is 267 g/mol. The predicted octanol–water partition coefficient (Wildman–Crippen LogP) is -0.467. The molecule has 0 unspecified atom stereocenters. The van der Waals surface area contributed by atoms with E-state index >= 15 is 0 Å². The summed E-state index contributed by atoms with van der Waals surface area (Å²) < 4.78 is 4.54. The number of aliphatic hydroxyl groups is 1. The largest absolute Gasteiger partial charge is 0.480 e. The number of nitrogens with two attached hydrogens (primary N) is 1. The molecule has 0 aromatic rings. The summed E-state index contributed by atoms with van der Waals surface area (Å²) in [6.07, 6.45) is -0.906. The smallest absolute Gasteiger partial charge is 0.343 e. The van der Waals surface area contributed by atoms with Gasteiger partial charge < -0.3 is 25.8 Å². The van der Waals surface area contributed by atoms with E-state index in [1.54, 1.807) is 13.8 Å². The third kappa shape index (κ3) is 6.47. The van der Waals surface area contributed by atoms with Crippen molar-refractivity contribution in [2.45, 2.75) is 31.6 Å². The van der Waals surface area contributed by atoms with E-state index in [0.29, 0.717) is 5.75 Å². The van der Waals surface area contributed by atoms with Gasteiger partial charge in [0.25, 0.3) is 0 Å². The van der Waals surface area contributed by atoms with Gasteiger partial charge in [0, 0.05) is 5.75 Å². The average Bonchev–Trinajstić information content (AvgIpc) is 2.64. The summed E-state index contributed by atoms with van der Waals surface area (Å²) in [6, 6.07) is -0.713. The molecule has 1 rings (SSSR count). The molecular formula is C9H17NO6S. The Balaban J connectivity index is 0.000000304. The van der Waals surface area contributed by atoms with E-state index in [9.17, 15) is 9.59 Å². The Kier molecular flexibility index (Phi) is 7.12. The van der Waals surface area contributed by atoms with Gasteiger partial charge in [-0.25, -0.2) is 4.79 Å². The molecule has 0 aliphatic carbocycles. The van der Waals surface area contributed by atoms with Crippen LogP contribution in [0.2, 0.25) is 0 Å². The Morgan fingerprint density at radius 1 is 1.41 bits per heavy atom. The van der Waals surface area contributed by atoms with Gasteiger partial charge in [0.1, 0.15) is 6.04 Å². The van der Waals surface area contributed by atoms with Crippen LogP contribution in [0.5, 0.6) is 0 Å². The third-order valence-electron chi connectivity index (χ3n) is 1.88. The van der Waals surface area contributed by atoms with Crippen molar-refractivity contribution in [2.24, 2.45) is 11.7 Å². The number of aliphatic hydroxyl groups excluding tert-OH is 1. The molecule has 3 atom stereocenters. The molecule has 1 fully saturated rings. The number of ether oxygens (including phenoxy) is 1. The summed E-state index contributed by atoms with van der Waals surface area (Å²) in [5.41, 5.74) is 4.28. The van der Waals surface area contributed by atoms with Crippen LogP contribution in [-0.4, -0.2) is 50.8 Å². The van der Waals surface area contributed by atoms with Crippen molar-refractivity contribution in [1.82, 2.24) is 0 Å². The van der Waals surface area contributed by atoms with Gasteiger partial charge in [-0.2, -0.15) is 0 Å². The predicted molar refractivity (Wildman–Crippen MR) is 61.4 cm³/mol. The number of carbonyl (C=O) groups is 2. The maximum Gasteiger partial charge on any atom is 0.343 e. The van der Waals surface area contributed by atoms with Crippen LogP contribution < -0.4 is 5.73 Å². The van der Waals surface area contributed by atoms with Crippen molar-refractivity contribution in [3.05, 3.63) is 0 Å². The van der Waals surface area contributed by atoms with E-state index in [4.69, 9.17) is 21.1 Å². The molecule has 8 heteroatoms. The van der Waals surface area contributed by atoms with Crippen LogP contribution >= 0.6 is 11.8 Å². The summed E-state index contributed by atoms with van der Waals surface area (Å²) in [7, 11) is 0. The molecular weight excluding hydrogens is 250 g/mol. The SMILES string of the molecule is CC(C)[C@H](N)C(=O)O.O=C(O)[C@@H]1O[C@@H](O)CS1. The molecule has 17 heavy (non-hydrogen) atoms. The molecule has 7 nitrogen and oxygen atoms in total. The van der Waals surface area contributed by atoms with Crippen molar-refractivity contribution in [2.75, 3.05) is 5.75 Å². The van der Waals surface area contributed by atoms with E-state index in [1.165, 1.54) is 0 Å². The minimum Gasteiger partial charge on any atom is -0.480 e. The first-order valence-corrected chi connectivity index (χ1v) is 5.97. The number of aliphatic carboxylic acids is 2. The lowest BCUT2D eigenvalue weighted by molar-refractivity contribution is -0.154. The highest BCUT2D eigenvalue weighted by molar-refractivity contribution is 8.00. The van der Waals surface area contributed by atoms with Gasteiger partial charge >= 0.3 is 11.9 Å². The lowest BCUT2D eigenvalue weighted by Crippen LogP contribution is -2.34. The Labute approximate surface area is 103 Å². The van der Waals surface area contributed by atoms with Gasteiger partial charge in [0.2, 0.25) is 5.44 Å². The summed E-state index contributed by atoms with van der Waals surface area (Å²) >= 11 is 1.09. The molecule has 0 bridgehead atoms. The zero-order valence-corrected chi connectivity index (χ0v) is 10.4. The molecule has 1 heterocycles. The zero-order valence-electron chi connectivity index (χ0n) is 9.57. The fraction of sp³-hybridized carbons (Fsp3) is 0.778. The van der Waals surface area contributed by atoms with Gasteiger partial charge in [0.05, 0.1) is 0 Å². The van der Waals surface area contributed by atoms with Gasteiger partial charge in [0.15, 0.2) is 6.29 Å². The van der Waals surface area contributed by atoms with Crippen LogP contribution in [0.3, 0.4) is 0 Å². The highest BCUT2D eigenvalue weighted by Crippen LogP contribution is 2.23. The number of carboxylic acid groups (broad SMARTS) is 2. The Morgan fingerprint density at radius 2 is 1.94 bits per heavy atom. The first kappa shape index (κ1) is 16.2.